The summed E-state index contributed by atoms with van der Waals surface area (Å²) >= 11 is 1.30. The summed E-state index contributed by atoms with van der Waals surface area (Å²) < 4.78 is 65.4. The molecule has 11 heteroatoms. The summed E-state index contributed by atoms with van der Waals surface area (Å²) in [7, 11) is -7.69. The number of benzene rings is 1. The zero-order valence-electron chi connectivity index (χ0n) is 13.9. The van der Waals surface area contributed by atoms with E-state index < -0.39 is 42.5 Å². The van der Waals surface area contributed by atoms with E-state index in [1.165, 1.54) is 11.3 Å². The van der Waals surface area contributed by atoms with Gasteiger partial charge in [-0.15, -0.1) is 11.3 Å². The number of sulfone groups is 1. The molecule has 1 saturated heterocycles. The zero-order chi connectivity index (χ0) is 19.8. The highest BCUT2D eigenvalue weighted by Crippen LogP contribution is 2.33. The molecule has 0 spiro atoms. The molecule has 0 aliphatic carbocycles. The molecule has 1 atom stereocenters. The predicted octanol–water partition coefficient (Wildman–Crippen LogP) is 2.14. The molecule has 0 saturated carbocycles. The molecule has 1 aromatic carbocycles. The fourth-order valence-electron chi connectivity index (χ4n) is 2.94. The van der Waals surface area contributed by atoms with Crippen LogP contribution >= 0.6 is 11.3 Å². The molecule has 1 aliphatic rings. The number of carbonyl (C=O) groups is 1. The van der Waals surface area contributed by atoms with Crippen LogP contribution in [-0.2, 0) is 19.9 Å². The van der Waals surface area contributed by atoms with E-state index in [0.717, 1.165) is 22.5 Å². The van der Waals surface area contributed by atoms with Crippen LogP contribution in [-0.4, -0.2) is 51.1 Å². The SMILES string of the molecule is O=C(O)c1cc(S(=O)(=O)N2CCC(c3cccs3)S(=O)(=O)CC2)ccc1F. The lowest BCUT2D eigenvalue weighted by molar-refractivity contribution is 0.0691. The van der Waals surface area contributed by atoms with Gasteiger partial charge in [-0.3, -0.25) is 0 Å². The Bertz CT molecular complexity index is 1060. The fraction of sp³-hybridized carbons (Fsp3) is 0.312. The molecule has 0 bridgehead atoms. The van der Waals surface area contributed by atoms with Crippen molar-refractivity contribution < 1.29 is 31.1 Å². The highest BCUT2D eigenvalue weighted by Gasteiger charge is 2.36. The fourth-order valence-corrected chi connectivity index (χ4v) is 7.54. The number of carboxylic acids is 1. The van der Waals surface area contributed by atoms with Crippen molar-refractivity contribution in [2.75, 3.05) is 18.8 Å². The van der Waals surface area contributed by atoms with Gasteiger partial charge < -0.3 is 5.11 Å². The number of halogens is 1. The van der Waals surface area contributed by atoms with Crippen LogP contribution in [0.2, 0.25) is 0 Å². The van der Waals surface area contributed by atoms with Gasteiger partial charge in [0.05, 0.1) is 21.5 Å². The monoisotopic (exact) mass is 433 g/mol. The van der Waals surface area contributed by atoms with E-state index in [4.69, 9.17) is 5.11 Å². The van der Waals surface area contributed by atoms with Gasteiger partial charge in [0.25, 0.3) is 0 Å². The van der Waals surface area contributed by atoms with Crippen molar-refractivity contribution >= 4 is 37.2 Å². The van der Waals surface area contributed by atoms with Gasteiger partial charge in [0.2, 0.25) is 10.0 Å². The van der Waals surface area contributed by atoms with Gasteiger partial charge in [-0.1, -0.05) is 6.07 Å². The predicted molar refractivity (Wildman–Crippen MR) is 97.6 cm³/mol. The third-order valence-corrected chi connectivity index (χ3v) is 9.50. The lowest BCUT2D eigenvalue weighted by Crippen LogP contribution is -2.33. The minimum atomic E-state index is -4.16. The molecule has 0 radical (unpaired) electrons. The highest BCUT2D eigenvalue weighted by atomic mass is 32.2. The maximum absolute atomic E-state index is 13.6. The smallest absolute Gasteiger partial charge is 0.338 e. The number of hydrogen-bond acceptors (Lipinski definition) is 6. The van der Waals surface area contributed by atoms with E-state index in [9.17, 15) is 26.0 Å². The minimum absolute atomic E-state index is 0.0378. The summed E-state index contributed by atoms with van der Waals surface area (Å²) in [6.45, 7) is -0.282. The molecule has 7 nitrogen and oxygen atoms in total. The van der Waals surface area contributed by atoms with Crippen LogP contribution < -0.4 is 0 Å². The number of aromatic carboxylic acids is 1. The van der Waals surface area contributed by atoms with Crippen molar-refractivity contribution in [1.29, 1.82) is 0 Å². The summed E-state index contributed by atoms with van der Waals surface area (Å²) in [5.41, 5.74) is -0.755. The molecule has 1 N–H and O–H groups in total. The molecule has 146 valence electrons. The van der Waals surface area contributed by atoms with Gasteiger partial charge in [-0.2, -0.15) is 4.31 Å². The second-order valence-corrected chi connectivity index (χ2v) is 11.2. The maximum Gasteiger partial charge on any atom is 0.338 e. The molecular weight excluding hydrogens is 417 g/mol. The summed E-state index contributed by atoms with van der Waals surface area (Å²) in [5, 5.41) is 9.98. The first kappa shape index (κ1) is 19.9. The Hall–Kier alpha value is -1.82. The molecular formula is C16H16FNO6S3. The van der Waals surface area contributed by atoms with Crippen molar-refractivity contribution in [3.63, 3.8) is 0 Å². The third kappa shape index (κ3) is 3.91. The summed E-state index contributed by atoms with van der Waals surface area (Å²) in [4.78, 5) is 11.3. The van der Waals surface area contributed by atoms with Crippen LogP contribution in [0.15, 0.2) is 40.6 Å². The quantitative estimate of drug-likeness (QED) is 0.791. The zero-order valence-corrected chi connectivity index (χ0v) is 16.4. The Labute approximate surface area is 160 Å². The summed E-state index contributed by atoms with van der Waals surface area (Å²) in [6.07, 6.45) is 0.0923. The Morgan fingerprint density at radius 1 is 1.26 bits per heavy atom. The first-order valence-electron chi connectivity index (χ1n) is 7.91. The van der Waals surface area contributed by atoms with Gasteiger partial charge in [0.15, 0.2) is 9.84 Å². The van der Waals surface area contributed by atoms with E-state index in [1.54, 1.807) is 17.5 Å². The Balaban J connectivity index is 1.93. The number of nitrogens with zero attached hydrogens (tertiary/aromatic N) is 1. The van der Waals surface area contributed by atoms with Crippen LogP contribution in [0.1, 0.15) is 26.9 Å². The number of rotatable bonds is 4. The minimum Gasteiger partial charge on any atom is -0.478 e. The molecule has 1 aliphatic heterocycles. The lowest BCUT2D eigenvalue weighted by Gasteiger charge is -2.20. The summed E-state index contributed by atoms with van der Waals surface area (Å²) in [6, 6.07) is 5.95. The Morgan fingerprint density at radius 2 is 2.00 bits per heavy atom. The maximum atomic E-state index is 13.6. The molecule has 3 rings (SSSR count). The highest BCUT2D eigenvalue weighted by molar-refractivity contribution is 7.92. The van der Waals surface area contributed by atoms with Crippen molar-refractivity contribution in [2.45, 2.75) is 16.6 Å². The van der Waals surface area contributed by atoms with Crippen molar-refractivity contribution in [2.24, 2.45) is 0 Å². The number of hydrogen-bond donors (Lipinski definition) is 1. The molecule has 1 aromatic heterocycles. The van der Waals surface area contributed by atoms with E-state index >= 15 is 0 Å². The lowest BCUT2D eigenvalue weighted by atomic mass is 10.2. The van der Waals surface area contributed by atoms with Gasteiger partial charge >= 0.3 is 5.97 Å². The topological polar surface area (TPSA) is 109 Å². The molecule has 2 aromatic rings. The second kappa shape index (κ2) is 7.30. The van der Waals surface area contributed by atoms with Crippen LogP contribution in [0, 0.1) is 5.82 Å². The van der Waals surface area contributed by atoms with Crippen LogP contribution in [0.25, 0.3) is 0 Å². The Morgan fingerprint density at radius 3 is 2.63 bits per heavy atom. The average Bonchev–Trinajstić information content (AvgIpc) is 3.05. The first-order valence-corrected chi connectivity index (χ1v) is 11.9. The summed E-state index contributed by atoms with van der Waals surface area (Å²) in [5.74, 6) is -2.97. The van der Waals surface area contributed by atoms with Crippen LogP contribution in [0.4, 0.5) is 4.39 Å². The van der Waals surface area contributed by atoms with Gasteiger partial charge in [0.1, 0.15) is 5.82 Å². The first-order chi connectivity index (χ1) is 12.6. The van der Waals surface area contributed by atoms with E-state index in [-0.39, 0.29) is 30.2 Å². The second-order valence-electron chi connectivity index (χ2n) is 6.01. The Kier molecular flexibility index (Phi) is 5.39. The van der Waals surface area contributed by atoms with Crippen LogP contribution in [0.3, 0.4) is 0 Å². The van der Waals surface area contributed by atoms with E-state index in [2.05, 4.69) is 0 Å². The van der Waals surface area contributed by atoms with E-state index in [1.807, 2.05) is 0 Å². The van der Waals surface area contributed by atoms with Gasteiger partial charge in [-0.25, -0.2) is 26.0 Å². The molecule has 1 unspecified atom stereocenters. The number of thiophene rings is 1. The molecule has 2 heterocycles. The number of sulfonamides is 1. The van der Waals surface area contributed by atoms with Crippen molar-refractivity contribution in [3.05, 3.63) is 52.0 Å². The third-order valence-electron chi connectivity index (χ3n) is 4.37. The van der Waals surface area contributed by atoms with E-state index in [0.29, 0.717) is 4.88 Å². The van der Waals surface area contributed by atoms with Gasteiger partial charge in [0, 0.05) is 18.0 Å². The number of carboxylic acid groups (broad SMARTS) is 1. The van der Waals surface area contributed by atoms with Crippen molar-refractivity contribution in [1.82, 2.24) is 4.31 Å². The average molecular weight is 434 g/mol. The molecule has 27 heavy (non-hydrogen) atoms. The standard InChI is InChI=1S/C16H16FNO6S3/c17-13-4-3-11(10-12(13)16(19)20)27(23,24)18-6-5-15(14-2-1-8-25-14)26(21,22)9-7-18/h1-4,8,10,15H,5-7,9H2,(H,19,20). The normalized spacial score (nSPS) is 20.9. The van der Waals surface area contributed by atoms with Crippen molar-refractivity contribution in [3.8, 4) is 0 Å². The molecule has 1 fully saturated rings. The van der Waals surface area contributed by atoms with Gasteiger partial charge in [-0.05, 0) is 36.1 Å². The van der Waals surface area contributed by atoms with Crippen LogP contribution in [0.5, 0.6) is 0 Å². The largest absolute Gasteiger partial charge is 0.478 e. The molecule has 0 amide bonds.